The first-order chi connectivity index (χ1) is 8.52. The van der Waals surface area contributed by atoms with Gasteiger partial charge in [-0.1, -0.05) is 5.16 Å². The highest BCUT2D eigenvalue weighted by Crippen LogP contribution is 2.39. The van der Waals surface area contributed by atoms with Gasteiger partial charge in [-0.05, 0) is 6.08 Å². The van der Waals surface area contributed by atoms with Crippen LogP contribution in [0.25, 0.3) is 0 Å². The SMILES string of the molecule is O=C(C=NO)NC1C=C(C(=O)O)N2C(=O)C[C@@H]2S1. The molecule has 2 atom stereocenters. The van der Waals surface area contributed by atoms with Crippen LogP contribution in [0.2, 0.25) is 0 Å². The van der Waals surface area contributed by atoms with E-state index in [-0.39, 0.29) is 23.4 Å². The van der Waals surface area contributed by atoms with Crippen molar-refractivity contribution in [3.8, 4) is 0 Å². The lowest BCUT2D eigenvalue weighted by molar-refractivity contribution is -0.146. The highest BCUT2D eigenvalue weighted by molar-refractivity contribution is 8.00. The number of carboxylic acids is 1. The summed E-state index contributed by atoms with van der Waals surface area (Å²) in [5, 5.41) is 21.3. The number of fused-ring (bicyclic) bond motifs is 1. The Morgan fingerprint density at radius 2 is 2.33 bits per heavy atom. The predicted molar refractivity (Wildman–Crippen MR) is 60.8 cm³/mol. The van der Waals surface area contributed by atoms with Gasteiger partial charge in [0, 0.05) is 0 Å². The third-order valence-corrected chi connectivity index (χ3v) is 3.70. The van der Waals surface area contributed by atoms with E-state index in [0.717, 1.165) is 0 Å². The minimum absolute atomic E-state index is 0.138. The highest BCUT2D eigenvalue weighted by Gasteiger charge is 2.45. The minimum Gasteiger partial charge on any atom is -0.477 e. The van der Waals surface area contributed by atoms with E-state index < -0.39 is 17.3 Å². The molecule has 3 N–H and O–H groups in total. The van der Waals surface area contributed by atoms with E-state index in [1.54, 1.807) is 0 Å². The lowest BCUT2D eigenvalue weighted by atomic mass is 10.1. The number of carbonyl (C=O) groups excluding carboxylic acids is 2. The maximum absolute atomic E-state index is 11.3. The van der Waals surface area contributed by atoms with Gasteiger partial charge in [0.15, 0.2) is 0 Å². The Balaban J connectivity index is 2.14. The molecule has 0 saturated carbocycles. The summed E-state index contributed by atoms with van der Waals surface area (Å²) in [6.07, 6.45) is 2.20. The molecule has 2 aliphatic heterocycles. The number of amides is 2. The number of hydrogen-bond acceptors (Lipinski definition) is 6. The summed E-state index contributed by atoms with van der Waals surface area (Å²) in [5.74, 6) is -2.11. The number of aliphatic carboxylic acids is 1. The molecule has 0 aromatic carbocycles. The van der Waals surface area contributed by atoms with Crippen LogP contribution in [0, 0.1) is 0 Å². The summed E-state index contributed by atoms with van der Waals surface area (Å²) < 4.78 is 0. The molecule has 0 radical (unpaired) electrons. The number of rotatable bonds is 3. The zero-order valence-electron chi connectivity index (χ0n) is 8.94. The number of nitrogens with zero attached hydrogens (tertiary/aromatic N) is 2. The molecule has 0 aliphatic carbocycles. The molecule has 9 heteroatoms. The molecule has 8 nitrogen and oxygen atoms in total. The first kappa shape index (κ1) is 12.4. The Labute approximate surface area is 105 Å². The summed E-state index contributed by atoms with van der Waals surface area (Å²) in [4.78, 5) is 34.6. The summed E-state index contributed by atoms with van der Waals surface area (Å²) in [5.41, 5.74) is -0.138. The Morgan fingerprint density at radius 3 is 2.89 bits per heavy atom. The van der Waals surface area contributed by atoms with Gasteiger partial charge in [-0.25, -0.2) is 4.79 Å². The van der Waals surface area contributed by atoms with Crippen LogP contribution >= 0.6 is 11.8 Å². The number of oxime groups is 1. The fourth-order valence-corrected chi connectivity index (χ4v) is 3.02. The molecule has 0 bridgehead atoms. The number of nitrogens with one attached hydrogen (secondary N) is 1. The molecule has 0 aromatic rings. The maximum Gasteiger partial charge on any atom is 0.352 e. The van der Waals surface area contributed by atoms with Crippen LogP contribution in [0.15, 0.2) is 16.9 Å². The average Bonchev–Trinajstić information content (AvgIpc) is 2.27. The topological polar surface area (TPSA) is 119 Å². The van der Waals surface area contributed by atoms with Gasteiger partial charge in [0.1, 0.15) is 11.9 Å². The van der Waals surface area contributed by atoms with Crippen molar-refractivity contribution in [2.45, 2.75) is 17.2 Å². The van der Waals surface area contributed by atoms with Crippen LogP contribution in [0.5, 0.6) is 0 Å². The summed E-state index contributed by atoms with van der Waals surface area (Å²) >= 11 is 1.25. The molecule has 1 unspecified atom stereocenters. The van der Waals surface area contributed by atoms with E-state index in [1.165, 1.54) is 22.7 Å². The van der Waals surface area contributed by atoms with Crippen molar-refractivity contribution in [1.29, 1.82) is 0 Å². The molecule has 2 aliphatic rings. The van der Waals surface area contributed by atoms with Crippen molar-refractivity contribution in [1.82, 2.24) is 10.2 Å². The van der Waals surface area contributed by atoms with Gasteiger partial charge in [0.2, 0.25) is 5.91 Å². The predicted octanol–water partition coefficient (Wildman–Crippen LogP) is -0.838. The molecule has 18 heavy (non-hydrogen) atoms. The van der Waals surface area contributed by atoms with Crippen molar-refractivity contribution in [2.24, 2.45) is 5.16 Å². The molecule has 2 amide bonds. The normalized spacial score (nSPS) is 26.3. The number of carboxylic acid groups (broad SMARTS) is 1. The van der Waals surface area contributed by atoms with Crippen molar-refractivity contribution in [3.05, 3.63) is 11.8 Å². The van der Waals surface area contributed by atoms with E-state index >= 15 is 0 Å². The van der Waals surface area contributed by atoms with E-state index in [4.69, 9.17) is 10.3 Å². The van der Waals surface area contributed by atoms with Gasteiger partial charge in [-0.15, -0.1) is 11.8 Å². The molecular weight excluding hydrogens is 262 g/mol. The van der Waals surface area contributed by atoms with Crippen LogP contribution in [-0.2, 0) is 14.4 Å². The van der Waals surface area contributed by atoms with Gasteiger partial charge in [-0.2, -0.15) is 0 Å². The lowest BCUT2D eigenvalue weighted by Crippen LogP contribution is -2.55. The van der Waals surface area contributed by atoms with Crippen LogP contribution in [-0.4, -0.2) is 50.0 Å². The maximum atomic E-state index is 11.3. The molecule has 0 aromatic heterocycles. The van der Waals surface area contributed by atoms with Gasteiger partial charge in [0.05, 0.1) is 17.2 Å². The second-order valence-electron chi connectivity index (χ2n) is 3.59. The van der Waals surface area contributed by atoms with Crippen LogP contribution < -0.4 is 5.32 Å². The van der Waals surface area contributed by atoms with E-state index in [1.807, 2.05) is 0 Å². The molecular formula is C9H9N3O5S. The van der Waals surface area contributed by atoms with Crippen molar-refractivity contribution in [3.63, 3.8) is 0 Å². The van der Waals surface area contributed by atoms with Crippen molar-refractivity contribution in [2.75, 3.05) is 0 Å². The fraction of sp³-hybridized carbons (Fsp3) is 0.333. The molecule has 2 rings (SSSR count). The van der Waals surface area contributed by atoms with Gasteiger partial charge in [0.25, 0.3) is 5.91 Å². The number of hydrogen-bond donors (Lipinski definition) is 3. The molecule has 2 heterocycles. The molecule has 96 valence electrons. The number of β-lactam (4-membered cyclic amide) rings is 1. The minimum atomic E-state index is -1.22. The van der Waals surface area contributed by atoms with E-state index in [2.05, 4.69) is 10.5 Å². The monoisotopic (exact) mass is 271 g/mol. The average molecular weight is 271 g/mol. The van der Waals surface area contributed by atoms with Crippen LogP contribution in [0.1, 0.15) is 6.42 Å². The fourth-order valence-electron chi connectivity index (χ4n) is 1.70. The summed E-state index contributed by atoms with van der Waals surface area (Å²) in [7, 11) is 0. The van der Waals surface area contributed by atoms with E-state index in [0.29, 0.717) is 6.21 Å². The first-order valence-electron chi connectivity index (χ1n) is 4.93. The third-order valence-electron chi connectivity index (χ3n) is 2.46. The highest BCUT2D eigenvalue weighted by atomic mass is 32.2. The Morgan fingerprint density at radius 1 is 1.61 bits per heavy atom. The molecule has 1 saturated heterocycles. The smallest absolute Gasteiger partial charge is 0.352 e. The van der Waals surface area contributed by atoms with E-state index in [9.17, 15) is 14.4 Å². The van der Waals surface area contributed by atoms with Crippen molar-refractivity contribution >= 4 is 35.8 Å². The second kappa shape index (κ2) is 4.69. The zero-order valence-corrected chi connectivity index (χ0v) is 9.75. The zero-order chi connectivity index (χ0) is 13.3. The van der Waals surface area contributed by atoms with Crippen LogP contribution in [0.4, 0.5) is 0 Å². The van der Waals surface area contributed by atoms with Gasteiger partial charge >= 0.3 is 5.97 Å². The first-order valence-corrected chi connectivity index (χ1v) is 5.87. The van der Waals surface area contributed by atoms with Gasteiger partial charge < -0.3 is 15.6 Å². The molecule has 0 spiro atoms. The summed E-state index contributed by atoms with van der Waals surface area (Å²) in [6.45, 7) is 0. The quantitative estimate of drug-likeness (QED) is 0.266. The number of carbonyl (C=O) groups is 3. The lowest BCUT2D eigenvalue weighted by Gasteiger charge is -2.44. The largest absolute Gasteiger partial charge is 0.477 e. The Bertz CT molecular complexity index is 475. The molecule has 1 fully saturated rings. The number of thioether (sulfide) groups is 1. The van der Waals surface area contributed by atoms with Gasteiger partial charge in [-0.3, -0.25) is 14.5 Å². The van der Waals surface area contributed by atoms with Crippen molar-refractivity contribution < 1.29 is 24.7 Å². The summed E-state index contributed by atoms with van der Waals surface area (Å²) in [6, 6.07) is 0. The standard InChI is InChI=1S/C9H9N3O5S/c13-5(3-10-17)11-6-1-4(9(15)16)12-7(14)2-8(12)18-6/h1,3,6,8,17H,2H2,(H,11,13)(H,15,16)/t6?,8-/m0/s1. The second-order valence-corrected chi connectivity index (χ2v) is 4.91. The Hall–Kier alpha value is -2.03. The Kier molecular flexibility index (Phi) is 3.24. The van der Waals surface area contributed by atoms with Crippen LogP contribution in [0.3, 0.4) is 0 Å². The third kappa shape index (κ3) is 2.16.